The first-order chi connectivity index (χ1) is 14.3. The third-order valence-corrected chi connectivity index (χ3v) is 7.15. The fraction of sp³-hybridized carbons (Fsp3) is 0.458. The molecule has 6 heteroatoms. The number of nitrogens with zero attached hydrogens (tertiary/aromatic N) is 2. The molecule has 2 aromatic carbocycles. The fourth-order valence-corrected chi connectivity index (χ4v) is 5.67. The number of anilines is 1. The number of piperidine rings is 1. The molecule has 4 nitrogen and oxygen atoms in total. The maximum atomic E-state index is 11.2. The Morgan fingerprint density at radius 1 is 1.07 bits per heavy atom. The molecule has 0 spiro atoms. The molecule has 0 aliphatic carbocycles. The van der Waals surface area contributed by atoms with Gasteiger partial charge >= 0.3 is 5.97 Å². The molecule has 2 aliphatic rings. The largest absolute Gasteiger partial charge is 0.481 e. The highest BCUT2D eigenvalue weighted by molar-refractivity contribution is 6.39. The van der Waals surface area contributed by atoms with Crippen LogP contribution in [0.25, 0.3) is 0 Å². The van der Waals surface area contributed by atoms with E-state index in [-0.39, 0.29) is 5.92 Å². The van der Waals surface area contributed by atoms with Gasteiger partial charge in [-0.1, -0.05) is 41.4 Å². The average molecular weight is 447 g/mol. The summed E-state index contributed by atoms with van der Waals surface area (Å²) in [6, 6.07) is 10.3. The van der Waals surface area contributed by atoms with Gasteiger partial charge in [-0.2, -0.15) is 0 Å². The molecule has 0 unspecified atom stereocenters. The predicted molar refractivity (Wildman–Crippen MR) is 123 cm³/mol. The van der Waals surface area contributed by atoms with Gasteiger partial charge in [-0.3, -0.25) is 9.69 Å². The van der Waals surface area contributed by atoms with E-state index >= 15 is 0 Å². The lowest BCUT2D eigenvalue weighted by Crippen LogP contribution is -2.46. The number of carboxylic acids is 1. The predicted octanol–water partition coefficient (Wildman–Crippen LogP) is 5.51. The minimum Gasteiger partial charge on any atom is -0.481 e. The van der Waals surface area contributed by atoms with Crippen molar-refractivity contribution in [3.63, 3.8) is 0 Å². The van der Waals surface area contributed by atoms with E-state index < -0.39 is 5.97 Å². The van der Waals surface area contributed by atoms with Crippen molar-refractivity contribution in [2.45, 2.75) is 39.2 Å². The highest BCUT2D eigenvalue weighted by Gasteiger charge is 2.33. The summed E-state index contributed by atoms with van der Waals surface area (Å²) in [4.78, 5) is 15.8. The molecule has 30 heavy (non-hydrogen) atoms. The van der Waals surface area contributed by atoms with Crippen LogP contribution in [-0.2, 0) is 11.3 Å². The summed E-state index contributed by atoms with van der Waals surface area (Å²) < 4.78 is 0. The number of halogens is 2. The Hall–Kier alpha value is -1.75. The number of benzene rings is 2. The summed E-state index contributed by atoms with van der Waals surface area (Å²) in [7, 11) is 0. The van der Waals surface area contributed by atoms with Crippen LogP contribution in [0.3, 0.4) is 0 Å². The first-order valence-corrected chi connectivity index (χ1v) is 11.3. The van der Waals surface area contributed by atoms with Gasteiger partial charge in [0, 0.05) is 25.6 Å². The van der Waals surface area contributed by atoms with Crippen molar-refractivity contribution in [3.05, 3.63) is 62.6 Å². The van der Waals surface area contributed by atoms with Crippen LogP contribution in [0.4, 0.5) is 5.69 Å². The van der Waals surface area contributed by atoms with E-state index in [2.05, 4.69) is 35.8 Å². The number of hydrogen-bond donors (Lipinski definition) is 1. The summed E-state index contributed by atoms with van der Waals surface area (Å²) in [6.07, 6.45) is 1.49. The lowest BCUT2D eigenvalue weighted by Gasteiger charge is -2.43. The third kappa shape index (κ3) is 4.32. The van der Waals surface area contributed by atoms with Crippen molar-refractivity contribution in [2.75, 3.05) is 31.1 Å². The minimum absolute atomic E-state index is 0.180. The molecule has 1 N–H and O–H groups in total. The van der Waals surface area contributed by atoms with Gasteiger partial charge in [-0.05, 0) is 74.2 Å². The fourth-order valence-electron chi connectivity index (χ4n) is 5.03. The molecule has 4 rings (SSSR count). The van der Waals surface area contributed by atoms with Crippen molar-refractivity contribution >= 4 is 34.9 Å². The number of rotatable bonds is 5. The summed E-state index contributed by atoms with van der Waals surface area (Å²) in [5, 5.41) is 10.6. The van der Waals surface area contributed by atoms with Gasteiger partial charge in [0.2, 0.25) is 0 Å². The number of aryl methyl sites for hydroxylation is 2. The Morgan fingerprint density at radius 2 is 1.63 bits per heavy atom. The number of para-hydroxylation sites is 1. The van der Waals surface area contributed by atoms with Crippen LogP contribution in [-0.4, -0.2) is 42.2 Å². The maximum Gasteiger partial charge on any atom is 0.306 e. The van der Waals surface area contributed by atoms with Crippen molar-refractivity contribution < 1.29 is 9.90 Å². The van der Waals surface area contributed by atoms with Crippen LogP contribution < -0.4 is 4.90 Å². The second-order valence-corrected chi connectivity index (χ2v) is 9.52. The molecular weight excluding hydrogens is 419 g/mol. The van der Waals surface area contributed by atoms with E-state index in [9.17, 15) is 9.90 Å². The molecule has 0 radical (unpaired) electrons. The summed E-state index contributed by atoms with van der Waals surface area (Å²) in [5.41, 5.74) is 6.35. The molecule has 2 aromatic rings. The van der Waals surface area contributed by atoms with Gasteiger partial charge in [0.05, 0.1) is 21.7 Å². The lowest BCUT2D eigenvalue weighted by molar-refractivity contribution is -0.143. The quantitative estimate of drug-likeness (QED) is 0.657. The standard InChI is InChI=1S/C24H28Cl2N2O2/c1-15-10-17(12-27-8-6-18(7-9-27)24(29)30)11-16(2)22(15)19-13-28(14-19)23-20(25)4-3-5-21(23)26/h3-5,10-11,18-19H,6-9,12-14H2,1-2H3,(H,29,30). The normalized spacial score (nSPS) is 18.5. The van der Waals surface area contributed by atoms with Crippen LogP contribution in [0, 0.1) is 19.8 Å². The zero-order valence-electron chi connectivity index (χ0n) is 17.5. The zero-order valence-corrected chi connectivity index (χ0v) is 19.0. The Kier molecular flexibility index (Phi) is 6.29. The van der Waals surface area contributed by atoms with E-state index in [1.54, 1.807) is 0 Å². The van der Waals surface area contributed by atoms with E-state index in [1.807, 2.05) is 18.2 Å². The molecule has 0 amide bonds. The highest BCUT2D eigenvalue weighted by atomic mass is 35.5. The Bertz CT molecular complexity index is 905. The highest BCUT2D eigenvalue weighted by Crippen LogP contribution is 2.41. The molecular formula is C24H28Cl2N2O2. The number of aliphatic carboxylic acids is 1. The molecule has 0 saturated carbocycles. The van der Waals surface area contributed by atoms with Crippen LogP contribution in [0.5, 0.6) is 0 Å². The maximum absolute atomic E-state index is 11.2. The topological polar surface area (TPSA) is 43.8 Å². The summed E-state index contributed by atoms with van der Waals surface area (Å²) in [6.45, 7) is 8.85. The number of hydrogen-bond acceptors (Lipinski definition) is 3. The van der Waals surface area contributed by atoms with E-state index in [4.69, 9.17) is 23.2 Å². The SMILES string of the molecule is Cc1cc(CN2CCC(C(=O)O)CC2)cc(C)c1C1CN(c2c(Cl)cccc2Cl)C1. The van der Waals surface area contributed by atoms with Crippen LogP contribution in [0.15, 0.2) is 30.3 Å². The van der Waals surface area contributed by atoms with E-state index in [1.165, 1.54) is 22.3 Å². The molecule has 0 atom stereocenters. The molecule has 2 heterocycles. The molecule has 160 valence electrons. The van der Waals surface area contributed by atoms with Crippen LogP contribution >= 0.6 is 23.2 Å². The summed E-state index contributed by atoms with van der Waals surface area (Å²) in [5.74, 6) is -0.351. The first-order valence-electron chi connectivity index (χ1n) is 10.6. The second kappa shape index (κ2) is 8.78. The number of likely N-dealkylation sites (tertiary alicyclic amines) is 1. The lowest BCUT2D eigenvalue weighted by atomic mass is 9.84. The van der Waals surface area contributed by atoms with Gasteiger partial charge < -0.3 is 10.0 Å². The van der Waals surface area contributed by atoms with Crippen molar-refractivity contribution in [3.8, 4) is 0 Å². The Labute approximate surface area is 188 Å². The molecule has 0 aromatic heterocycles. The van der Waals surface area contributed by atoms with Gasteiger partial charge in [0.25, 0.3) is 0 Å². The average Bonchev–Trinajstić information content (AvgIpc) is 2.65. The summed E-state index contributed by atoms with van der Waals surface area (Å²) >= 11 is 12.7. The van der Waals surface area contributed by atoms with Gasteiger partial charge in [0.15, 0.2) is 0 Å². The van der Waals surface area contributed by atoms with Gasteiger partial charge in [-0.25, -0.2) is 0 Å². The Balaban J connectivity index is 1.41. The zero-order chi connectivity index (χ0) is 21.4. The van der Waals surface area contributed by atoms with Crippen LogP contribution in [0.2, 0.25) is 10.0 Å². The van der Waals surface area contributed by atoms with E-state index in [0.717, 1.165) is 51.3 Å². The smallest absolute Gasteiger partial charge is 0.306 e. The molecule has 2 fully saturated rings. The Morgan fingerprint density at radius 3 is 2.17 bits per heavy atom. The number of carboxylic acid groups (broad SMARTS) is 1. The monoisotopic (exact) mass is 446 g/mol. The minimum atomic E-state index is -0.654. The van der Waals surface area contributed by atoms with Crippen molar-refractivity contribution in [1.29, 1.82) is 0 Å². The van der Waals surface area contributed by atoms with Crippen molar-refractivity contribution in [1.82, 2.24) is 4.90 Å². The van der Waals surface area contributed by atoms with Gasteiger partial charge in [0.1, 0.15) is 0 Å². The molecule has 0 bridgehead atoms. The number of carbonyl (C=O) groups is 1. The van der Waals surface area contributed by atoms with Gasteiger partial charge in [-0.15, -0.1) is 0 Å². The van der Waals surface area contributed by atoms with Crippen LogP contribution in [0.1, 0.15) is 41.0 Å². The molecule has 2 aliphatic heterocycles. The van der Waals surface area contributed by atoms with E-state index in [0.29, 0.717) is 16.0 Å². The van der Waals surface area contributed by atoms with Crippen molar-refractivity contribution in [2.24, 2.45) is 5.92 Å². The molecule has 2 saturated heterocycles. The first kappa shape index (κ1) is 21.5. The second-order valence-electron chi connectivity index (χ2n) is 8.70. The third-order valence-electron chi connectivity index (χ3n) is 6.54.